The highest BCUT2D eigenvalue weighted by Gasteiger charge is 2.32. The minimum Gasteiger partial charge on any atom is -0.497 e. The lowest BCUT2D eigenvalue weighted by Crippen LogP contribution is -2.35. The molecule has 0 aliphatic rings. The van der Waals surface area contributed by atoms with Crippen LogP contribution in [0.25, 0.3) is 0 Å². The summed E-state index contributed by atoms with van der Waals surface area (Å²) in [6, 6.07) is 6.41. The number of carboxylic acid groups (broad SMARTS) is 1. The number of methoxy groups -OCH3 is 2. The van der Waals surface area contributed by atoms with Crippen molar-refractivity contribution in [3.8, 4) is 11.5 Å². The summed E-state index contributed by atoms with van der Waals surface area (Å²) >= 11 is 0. The number of benzene rings is 1. The van der Waals surface area contributed by atoms with Crippen LogP contribution in [0.3, 0.4) is 0 Å². The molecule has 1 aromatic carbocycles. The summed E-state index contributed by atoms with van der Waals surface area (Å²) in [5.41, 5.74) is -0.791. The Morgan fingerprint density at radius 2 is 1.71 bits per heavy atom. The number of carbonyl (C=O) groups excluding carboxylic acids is 1. The SMILES string of the molecule is COc1cc(CN(CC(=O)O)C(=O)c2ccc(C(F)(F)F)nc2)cc(OC)c1. The quantitative estimate of drug-likeness (QED) is 0.772. The number of hydrogen-bond acceptors (Lipinski definition) is 5. The molecule has 0 saturated heterocycles. The predicted molar refractivity (Wildman–Crippen MR) is 91.2 cm³/mol. The molecule has 2 aromatic rings. The van der Waals surface area contributed by atoms with Gasteiger partial charge < -0.3 is 19.5 Å². The Balaban J connectivity index is 2.30. The van der Waals surface area contributed by atoms with Gasteiger partial charge in [0.25, 0.3) is 5.91 Å². The van der Waals surface area contributed by atoms with Crippen molar-refractivity contribution in [3.05, 3.63) is 53.3 Å². The maximum absolute atomic E-state index is 12.6. The Morgan fingerprint density at radius 1 is 1.11 bits per heavy atom. The Labute approximate surface area is 158 Å². The van der Waals surface area contributed by atoms with E-state index in [-0.39, 0.29) is 12.1 Å². The van der Waals surface area contributed by atoms with Crippen molar-refractivity contribution in [2.45, 2.75) is 12.7 Å². The van der Waals surface area contributed by atoms with Crippen molar-refractivity contribution in [1.82, 2.24) is 9.88 Å². The van der Waals surface area contributed by atoms with Gasteiger partial charge in [0, 0.05) is 18.8 Å². The number of amides is 1. The Kier molecular flexibility index (Phi) is 6.45. The fourth-order valence-corrected chi connectivity index (χ4v) is 2.41. The predicted octanol–water partition coefficient (Wildman–Crippen LogP) is 2.84. The topological polar surface area (TPSA) is 89.0 Å². The Bertz CT molecular complexity index is 831. The number of pyridine rings is 1. The molecular weight excluding hydrogens is 381 g/mol. The highest BCUT2D eigenvalue weighted by Crippen LogP contribution is 2.27. The zero-order valence-corrected chi connectivity index (χ0v) is 15.0. The third kappa shape index (κ3) is 5.35. The molecule has 0 atom stereocenters. The molecule has 1 amide bonds. The van der Waals surface area contributed by atoms with Crippen LogP contribution in [0, 0.1) is 0 Å². The molecule has 7 nitrogen and oxygen atoms in total. The number of nitrogens with zero attached hydrogens (tertiary/aromatic N) is 2. The fourth-order valence-electron chi connectivity index (χ4n) is 2.41. The summed E-state index contributed by atoms with van der Waals surface area (Å²) in [6.45, 7) is -0.779. The molecule has 0 bridgehead atoms. The largest absolute Gasteiger partial charge is 0.497 e. The number of rotatable bonds is 7. The van der Waals surface area contributed by atoms with E-state index in [4.69, 9.17) is 14.6 Å². The first-order valence-corrected chi connectivity index (χ1v) is 7.90. The van der Waals surface area contributed by atoms with Gasteiger partial charge in [0.05, 0.1) is 19.8 Å². The number of halogens is 3. The highest BCUT2D eigenvalue weighted by atomic mass is 19.4. The van der Waals surface area contributed by atoms with E-state index < -0.39 is 30.3 Å². The second kappa shape index (κ2) is 8.59. The molecule has 1 aromatic heterocycles. The van der Waals surface area contributed by atoms with Gasteiger partial charge >= 0.3 is 12.1 Å². The summed E-state index contributed by atoms with van der Waals surface area (Å²) < 4.78 is 48.1. The van der Waals surface area contributed by atoms with Gasteiger partial charge in [-0.1, -0.05) is 0 Å². The van der Waals surface area contributed by atoms with E-state index >= 15 is 0 Å². The van der Waals surface area contributed by atoms with Gasteiger partial charge in [-0.05, 0) is 29.8 Å². The fraction of sp³-hybridized carbons (Fsp3) is 0.278. The van der Waals surface area contributed by atoms with Crippen molar-refractivity contribution in [1.29, 1.82) is 0 Å². The first-order valence-electron chi connectivity index (χ1n) is 7.90. The van der Waals surface area contributed by atoms with E-state index in [1.165, 1.54) is 14.2 Å². The number of alkyl halides is 3. The average molecular weight is 398 g/mol. The van der Waals surface area contributed by atoms with Gasteiger partial charge in [0.1, 0.15) is 23.7 Å². The van der Waals surface area contributed by atoms with E-state index in [0.29, 0.717) is 23.1 Å². The van der Waals surface area contributed by atoms with Gasteiger partial charge in [0.15, 0.2) is 0 Å². The van der Waals surface area contributed by atoms with E-state index in [0.717, 1.165) is 17.2 Å². The summed E-state index contributed by atoms with van der Waals surface area (Å²) in [6.07, 6.45) is -3.87. The summed E-state index contributed by atoms with van der Waals surface area (Å²) in [5.74, 6) is -1.17. The second-order valence-electron chi connectivity index (χ2n) is 5.71. The molecule has 0 aliphatic carbocycles. The lowest BCUT2D eigenvalue weighted by Gasteiger charge is -2.21. The molecule has 0 spiro atoms. The zero-order valence-electron chi connectivity index (χ0n) is 15.0. The van der Waals surface area contributed by atoms with Gasteiger partial charge in [0.2, 0.25) is 0 Å². The molecule has 150 valence electrons. The number of carbonyl (C=O) groups is 2. The molecule has 10 heteroatoms. The maximum Gasteiger partial charge on any atom is 0.433 e. The number of carboxylic acids is 1. The molecule has 0 fully saturated rings. The molecular formula is C18H17F3N2O5. The first-order chi connectivity index (χ1) is 13.1. The van der Waals surface area contributed by atoms with Crippen LogP contribution >= 0.6 is 0 Å². The molecule has 0 unspecified atom stereocenters. The molecule has 0 aliphatic heterocycles. The van der Waals surface area contributed by atoms with E-state index in [1.54, 1.807) is 18.2 Å². The Morgan fingerprint density at radius 3 is 2.14 bits per heavy atom. The van der Waals surface area contributed by atoms with Crippen molar-refractivity contribution < 1.29 is 37.3 Å². The third-order valence-corrected chi connectivity index (χ3v) is 3.70. The molecule has 28 heavy (non-hydrogen) atoms. The lowest BCUT2D eigenvalue weighted by molar-refractivity contribution is -0.141. The highest BCUT2D eigenvalue weighted by molar-refractivity contribution is 5.95. The Hall–Kier alpha value is -3.30. The zero-order chi connectivity index (χ0) is 20.9. The number of hydrogen-bond donors (Lipinski definition) is 1. The smallest absolute Gasteiger partial charge is 0.433 e. The molecule has 2 rings (SSSR count). The molecule has 0 saturated carbocycles. The van der Waals surface area contributed by atoms with Gasteiger partial charge in [-0.15, -0.1) is 0 Å². The monoisotopic (exact) mass is 398 g/mol. The third-order valence-electron chi connectivity index (χ3n) is 3.70. The van der Waals surface area contributed by atoms with Gasteiger partial charge in [-0.2, -0.15) is 13.2 Å². The molecule has 1 N–H and O–H groups in total. The van der Waals surface area contributed by atoms with Crippen molar-refractivity contribution >= 4 is 11.9 Å². The van der Waals surface area contributed by atoms with Crippen molar-refractivity contribution in [2.24, 2.45) is 0 Å². The van der Waals surface area contributed by atoms with Crippen LogP contribution in [-0.2, 0) is 17.5 Å². The van der Waals surface area contributed by atoms with Crippen LogP contribution < -0.4 is 9.47 Å². The maximum atomic E-state index is 12.6. The normalized spacial score (nSPS) is 11.0. The van der Waals surface area contributed by atoms with Crippen LogP contribution in [0.1, 0.15) is 21.6 Å². The van der Waals surface area contributed by atoms with Crippen LogP contribution in [0.5, 0.6) is 11.5 Å². The summed E-state index contributed by atoms with van der Waals surface area (Å²) in [4.78, 5) is 28.0. The average Bonchev–Trinajstić information content (AvgIpc) is 2.65. The summed E-state index contributed by atoms with van der Waals surface area (Å²) in [5, 5.41) is 9.10. The van der Waals surface area contributed by atoms with E-state index in [9.17, 15) is 22.8 Å². The van der Waals surface area contributed by atoms with E-state index in [1.807, 2.05) is 0 Å². The second-order valence-corrected chi connectivity index (χ2v) is 5.71. The lowest BCUT2D eigenvalue weighted by atomic mass is 10.1. The minimum atomic E-state index is -4.64. The standard InChI is InChI=1S/C18H17F3N2O5/c1-27-13-5-11(6-14(7-13)28-2)9-23(10-16(24)25)17(26)12-3-4-15(22-8-12)18(19,20)21/h3-8H,9-10H2,1-2H3,(H,24,25). The van der Waals surface area contributed by atoms with E-state index in [2.05, 4.69) is 4.98 Å². The van der Waals surface area contributed by atoms with Crippen LogP contribution in [0.4, 0.5) is 13.2 Å². The molecule has 0 radical (unpaired) electrons. The molecule has 1 heterocycles. The van der Waals surface area contributed by atoms with Crippen LogP contribution in [0.15, 0.2) is 36.5 Å². The minimum absolute atomic E-state index is 0.125. The summed E-state index contributed by atoms with van der Waals surface area (Å²) in [7, 11) is 2.87. The van der Waals surface area contributed by atoms with Gasteiger partial charge in [-0.3, -0.25) is 14.6 Å². The van der Waals surface area contributed by atoms with Crippen molar-refractivity contribution in [3.63, 3.8) is 0 Å². The number of aromatic nitrogens is 1. The van der Waals surface area contributed by atoms with Crippen LogP contribution in [0.2, 0.25) is 0 Å². The van der Waals surface area contributed by atoms with Gasteiger partial charge in [-0.25, -0.2) is 0 Å². The number of aliphatic carboxylic acids is 1. The van der Waals surface area contributed by atoms with Crippen molar-refractivity contribution in [2.75, 3.05) is 20.8 Å². The van der Waals surface area contributed by atoms with Crippen LogP contribution in [-0.4, -0.2) is 47.6 Å². The number of ether oxygens (including phenoxy) is 2. The first kappa shape index (κ1) is 21.0.